The molecule has 8 heteroatoms. The highest BCUT2D eigenvalue weighted by atomic mass is 32.1. The van der Waals surface area contributed by atoms with Crippen molar-refractivity contribution < 1.29 is 23.9 Å². The molecule has 0 bridgehead atoms. The first-order chi connectivity index (χ1) is 13.9. The number of amides is 2. The van der Waals surface area contributed by atoms with Gasteiger partial charge in [0.25, 0.3) is 11.8 Å². The van der Waals surface area contributed by atoms with Gasteiger partial charge in [-0.2, -0.15) is 0 Å². The zero-order valence-electron chi connectivity index (χ0n) is 16.4. The smallest absolute Gasteiger partial charge is 0.338 e. The summed E-state index contributed by atoms with van der Waals surface area (Å²) in [5.41, 5.74) is 7.12. The molecule has 154 valence electrons. The molecular weight excluding hydrogens is 392 g/mol. The fraction of sp³-hybridized carbons (Fsp3) is 0.381. The molecule has 0 saturated carbocycles. The molecule has 0 saturated heterocycles. The predicted molar refractivity (Wildman–Crippen MR) is 111 cm³/mol. The lowest BCUT2D eigenvalue weighted by molar-refractivity contribution is -0.123. The maximum atomic E-state index is 12.5. The van der Waals surface area contributed by atoms with Crippen LogP contribution in [-0.2, 0) is 22.4 Å². The molecule has 0 spiro atoms. The zero-order valence-corrected chi connectivity index (χ0v) is 17.3. The van der Waals surface area contributed by atoms with E-state index in [2.05, 4.69) is 5.32 Å². The van der Waals surface area contributed by atoms with E-state index in [1.807, 2.05) is 6.92 Å². The van der Waals surface area contributed by atoms with Gasteiger partial charge in [-0.05, 0) is 62.4 Å². The molecule has 1 aromatic heterocycles. The van der Waals surface area contributed by atoms with E-state index in [-0.39, 0.29) is 0 Å². The average molecular weight is 416 g/mol. The summed E-state index contributed by atoms with van der Waals surface area (Å²) in [6, 6.07) is 6.55. The number of anilines is 1. The summed E-state index contributed by atoms with van der Waals surface area (Å²) >= 11 is 1.36. The third-order valence-corrected chi connectivity index (χ3v) is 5.83. The van der Waals surface area contributed by atoms with E-state index in [4.69, 9.17) is 15.2 Å². The van der Waals surface area contributed by atoms with Crippen LogP contribution in [0.3, 0.4) is 0 Å². The molecule has 0 aliphatic heterocycles. The van der Waals surface area contributed by atoms with Crippen molar-refractivity contribution in [3.8, 4) is 5.75 Å². The molecule has 29 heavy (non-hydrogen) atoms. The molecule has 3 N–H and O–H groups in total. The molecule has 1 aliphatic carbocycles. The second kappa shape index (κ2) is 9.09. The van der Waals surface area contributed by atoms with Crippen LogP contribution in [0.4, 0.5) is 5.00 Å². The molecular formula is C21H24N2O5S. The number of rotatable bonds is 8. The standard InChI is InChI=1S/C21H24N2O5S/c1-3-11-27-14-9-7-13(8-10-14)21(26)28-12(2)19(25)23-20-17(18(22)24)15-5-4-6-16(15)29-20/h7-10,12H,3-6,11H2,1-2H3,(H2,22,24)(H,23,25)/t12-/m1/s1. The van der Waals surface area contributed by atoms with Crippen molar-refractivity contribution in [1.82, 2.24) is 0 Å². The van der Waals surface area contributed by atoms with Gasteiger partial charge in [0.2, 0.25) is 0 Å². The zero-order chi connectivity index (χ0) is 21.0. The Bertz CT molecular complexity index is 920. The van der Waals surface area contributed by atoms with Gasteiger partial charge in [0.05, 0.1) is 17.7 Å². The first kappa shape index (κ1) is 20.9. The molecule has 2 amide bonds. The molecule has 1 aromatic carbocycles. The summed E-state index contributed by atoms with van der Waals surface area (Å²) in [4.78, 5) is 37.7. The van der Waals surface area contributed by atoms with E-state index >= 15 is 0 Å². The number of aryl methyl sites for hydroxylation is 1. The number of esters is 1. The van der Waals surface area contributed by atoms with Crippen molar-refractivity contribution in [3.05, 3.63) is 45.8 Å². The van der Waals surface area contributed by atoms with Crippen molar-refractivity contribution in [2.75, 3.05) is 11.9 Å². The summed E-state index contributed by atoms with van der Waals surface area (Å²) in [5, 5.41) is 3.12. The summed E-state index contributed by atoms with van der Waals surface area (Å²) in [5.74, 6) is -1.02. The van der Waals surface area contributed by atoms with Crippen LogP contribution in [0, 0.1) is 0 Å². The quantitative estimate of drug-likeness (QED) is 0.642. The monoisotopic (exact) mass is 416 g/mol. The van der Waals surface area contributed by atoms with Crippen LogP contribution in [0.2, 0.25) is 0 Å². The maximum Gasteiger partial charge on any atom is 0.338 e. The van der Waals surface area contributed by atoms with Gasteiger partial charge in [-0.1, -0.05) is 6.92 Å². The Hall–Kier alpha value is -2.87. The Labute approximate surface area is 173 Å². The van der Waals surface area contributed by atoms with Crippen LogP contribution in [0.15, 0.2) is 24.3 Å². The van der Waals surface area contributed by atoms with E-state index in [0.29, 0.717) is 28.5 Å². The summed E-state index contributed by atoms with van der Waals surface area (Å²) in [6.45, 7) is 4.09. The molecule has 3 rings (SSSR count). The van der Waals surface area contributed by atoms with Crippen LogP contribution >= 0.6 is 11.3 Å². The van der Waals surface area contributed by atoms with Crippen molar-refractivity contribution in [2.45, 2.75) is 45.6 Å². The highest BCUT2D eigenvalue weighted by Gasteiger charge is 2.28. The number of hydrogen-bond donors (Lipinski definition) is 2. The Kier molecular flexibility index (Phi) is 6.53. The molecule has 2 aromatic rings. The third kappa shape index (κ3) is 4.76. The van der Waals surface area contributed by atoms with Gasteiger partial charge in [0.15, 0.2) is 6.10 Å². The van der Waals surface area contributed by atoms with Gasteiger partial charge in [-0.3, -0.25) is 9.59 Å². The number of hydrogen-bond acceptors (Lipinski definition) is 6. The highest BCUT2D eigenvalue weighted by molar-refractivity contribution is 7.17. The number of ether oxygens (including phenoxy) is 2. The lowest BCUT2D eigenvalue weighted by Gasteiger charge is -2.14. The molecule has 1 atom stereocenters. The number of nitrogens with two attached hydrogens (primary N) is 1. The van der Waals surface area contributed by atoms with Crippen LogP contribution < -0.4 is 15.8 Å². The van der Waals surface area contributed by atoms with Gasteiger partial charge in [-0.15, -0.1) is 11.3 Å². The molecule has 1 aliphatic rings. The number of nitrogens with one attached hydrogen (secondary N) is 1. The number of carbonyl (C=O) groups excluding carboxylic acids is 3. The summed E-state index contributed by atoms with van der Waals surface area (Å²) in [6.07, 6.45) is 2.49. The number of fused-ring (bicyclic) bond motifs is 1. The first-order valence-electron chi connectivity index (χ1n) is 9.59. The second-order valence-electron chi connectivity index (χ2n) is 6.84. The average Bonchev–Trinajstić information content (AvgIpc) is 3.27. The predicted octanol–water partition coefficient (Wildman–Crippen LogP) is 3.31. The SMILES string of the molecule is CCCOc1ccc(C(=O)O[C@H](C)C(=O)Nc2sc3c(c2C(N)=O)CCC3)cc1. The van der Waals surface area contributed by atoms with Crippen LogP contribution in [0.25, 0.3) is 0 Å². The van der Waals surface area contributed by atoms with Crippen LogP contribution in [-0.4, -0.2) is 30.5 Å². The topological polar surface area (TPSA) is 108 Å². The number of carbonyl (C=O) groups is 3. The summed E-state index contributed by atoms with van der Waals surface area (Å²) < 4.78 is 10.7. The van der Waals surface area contributed by atoms with E-state index in [1.165, 1.54) is 18.3 Å². The Morgan fingerprint density at radius 2 is 1.93 bits per heavy atom. The van der Waals surface area contributed by atoms with Gasteiger partial charge < -0.3 is 20.5 Å². The normalized spacial score (nSPS) is 13.4. The van der Waals surface area contributed by atoms with Gasteiger partial charge in [0.1, 0.15) is 10.8 Å². The fourth-order valence-corrected chi connectivity index (χ4v) is 4.45. The van der Waals surface area contributed by atoms with Crippen molar-refractivity contribution >= 4 is 34.1 Å². The Morgan fingerprint density at radius 1 is 1.21 bits per heavy atom. The third-order valence-electron chi connectivity index (χ3n) is 4.62. The van der Waals surface area contributed by atoms with Crippen LogP contribution in [0.1, 0.15) is 57.8 Å². The van der Waals surface area contributed by atoms with E-state index < -0.39 is 23.9 Å². The molecule has 0 unspecified atom stereocenters. The number of primary amides is 1. The number of benzene rings is 1. The maximum absolute atomic E-state index is 12.5. The molecule has 0 fully saturated rings. The van der Waals surface area contributed by atoms with E-state index in [0.717, 1.165) is 36.1 Å². The second-order valence-corrected chi connectivity index (χ2v) is 7.94. The van der Waals surface area contributed by atoms with E-state index in [9.17, 15) is 14.4 Å². The lowest BCUT2D eigenvalue weighted by atomic mass is 10.1. The van der Waals surface area contributed by atoms with Crippen molar-refractivity contribution in [3.63, 3.8) is 0 Å². The molecule has 0 radical (unpaired) electrons. The minimum Gasteiger partial charge on any atom is -0.494 e. The van der Waals surface area contributed by atoms with Crippen molar-refractivity contribution in [2.24, 2.45) is 5.73 Å². The molecule has 7 nitrogen and oxygen atoms in total. The molecule has 1 heterocycles. The minimum atomic E-state index is -1.03. The van der Waals surface area contributed by atoms with Crippen molar-refractivity contribution in [1.29, 1.82) is 0 Å². The van der Waals surface area contributed by atoms with Gasteiger partial charge >= 0.3 is 5.97 Å². The van der Waals surface area contributed by atoms with Gasteiger partial charge in [-0.25, -0.2) is 4.79 Å². The summed E-state index contributed by atoms with van der Waals surface area (Å²) in [7, 11) is 0. The Morgan fingerprint density at radius 3 is 2.59 bits per heavy atom. The van der Waals surface area contributed by atoms with Gasteiger partial charge in [0, 0.05) is 4.88 Å². The fourth-order valence-electron chi connectivity index (χ4n) is 3.16. The first-order valence-corrected chi connectivity index (χ1v) is 10.4. The Balaban J connectivity index is 1.62. The minimum absolute atomic E-state index is 0.321. The highest BCUT2D eigenvalue weighted by Crippen LogP contribution is 2.38. The lowest BCUT2D eigenvalue weighted by Crippen LogP contribution is -2.30. The number of thiophene rings is 1. The van der Waals surface area contributed by atoms with Crippen LogP contribution in [0.5, 0.6) is 5.75 Å². The van der Waals surface area contributed by atoms with E-state index in [1.54, 1.807) is 24.3 Å². The largest absolute Gasteiger partial charge is 0.494 e.